The van der Waals surface area contributed by atoms with E-state index in [1.54, 1.807) is 0 Å². The molecule has 0 aliphatic carbocycles. The molecular weight excluding hydrogens is 288 g/mol. The fourth-order valence-electron chi connectivity index (χ4n) is 2.22. The van der Waals surface area contributed by atoms with Crippen LogP contribution in [0.4, 0.5) is 0 Å². The van der Waals surface area contributed by atoms with Gasteiger partial charge in [-0.25, -0.2) is 0 Å². The highest BCUT2D eigenvalue weighted by atomic mass is 79.9. The molecule has 0 saturated heterocycles. The molecule has 2 nitrogen and oxygen atoms in total. The first-order valence-electron chi connectivity index (χ1n) is 6.57. The third-order valence-electron chi connectivity index (χ3n) is 2.95. The zero-order valence-corrected chi connectivity index (χ0v) is 13.5. The second-order valence-electron chi connectivity index (χ2n) is 5.71. The average molecular weight is 313 g/mol. The van der Waals surface area contributed by atoms with Crippen LogP contribution < -0.4 is 5.32 Å². The van der Waals surface area contributed by atoms with Crippen LogP contribution in [0.25, 0.3) is 0 Å². The molecule has 0 aliphatic heterocycles. The summed E-state index contributed by atoms with van der Waals surface area (Å²) >= 11 is 3.61. The Hall–Kier alpha value is -0.380. The number of rotatable bonds is 7. The van der Waals surface area contributed by atoms with E-state index in [4.69, 9.17) is 0 Å². The molecule has 1 aromatic carbocycles. The summed E-state index contributed by atoms with van der Waals surface area (Å²) in [6.45, 7) is 10.9. The Balaban J connectivity index is 2.51. The van der Waals surface area contributed by atoms with Crippen molar-refractivity contribution < 1.29 is 0 Å². The summed E-state index contributed by atoms with van der Waals surface area (Å²) in [6, 6.07) is 8.44. The van der Waals surface area contributed by atoms with Gasteiger partial charge in [-0.15, -0.1) is 0 Å². The van der Waals surface area contributed by atoms with Crippen molar-refractivity contribution in [3.8, 4) is 0 Å². The van der Waals surface area contributed by atoms with Crippen molar-refractivity contribution in [2.24, 2.45) is 5.41 Å². The number of hydrogen-bond acceptors (Lipinski definition) is 2. The summed E-state index contributed by atoms with van der Waals surface area (Å²) in [5.41, 5.74) is 1.64. The third kappa shape index (κ3) is 5.51. The molecule has 0 radical (unpaired) electrons. The first kappa shape index (κ1) is 15.7. The van der Waals surface area contributed by atoms with Crippen LogP contribution in [0.15, 0.2) is 28.7 Å². The Morgan fingerprint density at radius 2 is 1.94 bits per heavy atom. The Bertz CT molecular complexity index is 363. The summed E-state index contributed by atoms with van der Waals surface area (Å²) in [5, 5.41) is 3.43. The molecule has 3 heteroatoms. The van der Waals surface area contributed by atoms with Crippen LogP contribution in [0.1, 0.15) is 26.3 Å². The predicted octanol–water partition coefficient (Wildman–Crippen LogP) is 3.52. The maximum Gasteiger partial charge on any atom is 0.0242 e. The first-order chi connectivity index (χ1) is 8.44. The van der Waals surface area contributed by atoms with Gasteiger partial charge in [0.15, 0.2) is 0 Å². The Labute approximate surface area is 120 Å². The van der Waals surface area contributed by atoms with E-state index in [1.807, 2.05) is 0 Å². The lowest BCUT2D eigenvalue weighted by atomic mass is 9.92. The van der Waals surface area contributed by atoms with E-state index in [0.717, 1.165) is 26.2 Å². The van der Waals surface area contributed by atoms with Gasteiger partial charge in [0.2, 0.25) is 0 Å². The van der Waals surface area contributed by atoms with Crippen LogP contribution in [-0.2, 0) is 6.54 Å². The Kier molecular flexibility index (Phi) is 6.33. The van der Waals surface area contributed by atoms with Crippen LogP contribution in [-0.4, -0.2) is 31.6 Å². The highest BCUT2D eigenvalue weighted by Gasteiger charge is 2.19. The van der Waals surface area contributed by atoms with Gasteiger partial charge in [0, 0.05) is 24.1 Å². The highest BCUT2D eigenvalue weighted by molar-refractivity contribution is 9.10. The van der Waals surface area contributed by atoms with Crippen molar-refractivity contribution in [1.82, 2.24) is 10.2 Å². The first-order valence-corrected chi connectivity index (χ1v) is 7.36. The van der Waals surface area contributed by atoms with Crippen LogP contribution in [0.3, 0.4) is 0 Å². The molecule has 0 amide bonds. The van der Waals surface area contributed by atoms with Crippen LogP contribution in [0.5, 0.6) is 0 Å². The summed E-state index contributed by atoms with van der Waals surface area (Å²) < 4.78 is 1.20. The monoisotopic (exact) mass is 312 g/mol. The van der Waals surface area contributed by atoms with Gasteiger partial charge >= 0.3 is 0 Å². The number of benzene rings is 1. The Morgan fingerprint density at radius 1 is 1.28 bits per heavy atom. The predicted molar refractivity (Wildman–Crippen MR) is 82.8 cm³/mol. The molecule has 0 atom stereocenters. The molecule has 0 bridgehead atoms. The standard InChI is InChI=1S/C15H25BrN2/c1-5-17-11-15(2,3)12-18(4)10-13-8-6-7-9-14(13)16/h6-9,17H,5,10-12H2,1-4H3. The minimum Gasteiger partial charge on any atom is -0.316 e. The summed E-state index contributed by atoms with van der Waals surface area (Å²) in [4.78, 5) is 2.39. The van der Waals surface area contributed by atoms with Gasteiger partial charge in [-0.05, 0) is 30.6 Å². The van der Waals surface area contributed by atoms with Gasteiger partial charge < -0.3 is 10.2 Å². The largest absolute Gasteiger partial charge is 0.316 e. The van der Waals surface area contributed by atoms with Crippen molar-refractivity contribution >= 4 is 15.9 Å². The molecule has 0 unspecified atom stereocenters. The van der Waals surface area contributed by atoms with Crippen molar-refractivity contribution in [3.05, 3.63) is 34.3 Å². The van der Waals surface area contributed by atoms with Crippen molar-refractivity contribution in [1.29, 1.82) is 0 Å². The SMILES string of the molecule is CCNCC(C)(C)CN(C)Cc1ccccc1Br. The van der Waals surface area contributed by atoms with Gasteiger partial charge in [0.1, 0.15) is 0 Å². The number of nitrogens with one attached hydrogen (secondary N) is 1. The molecule has 18 heavy (non-hydrogen) atoms. The second-order valence-corrected chi connectivity index (χ2v) is 6.56. The number of hydrogen-bond donors (Lipinski definition) is 1. The van der Waals surface area contributed by atoms with E-state index in [-0.39, 0.29) is 0 Å². The molecule has 1 rings (SSSR count). The van der Waals surface area contributed by atoms with Gasteiger partial charge in [0.05, 0.1) is 0 Å². The summed E-state index contributed by atoms with van der Waals surface area (Å²) in [5.74, 6) is 0. The molecule has 0 fully saturated rings. The van der Waals surface area contributed by atoms with Crippen LogP contribution in [0, 0.1) is 5.41 Å². The maximum atomic E-state index is 3.61. The minimum absolute atomic E-state index is 0.298. The van der Waals surface area contributed by atoms with Gasteiger partial charge in [-0.3, -0.25) is 0 Å². The molecule has 0 saturated carbocycles. The van der Waals surface area contributed by atoms with E-state index >= 15 is 0 Å². The normalized spacial score (nSPS) is 12.1. The Morgan fingerprint density at radius 3 is 2.56 bits per heavy atom. The third-order valence-corrected chi connectivity index (χ3v) is 3.72. The molecule has 0 spiro atoms. The van der Waals surface area contributed by atoms with E-state index < -0.39 is 0 Å². The van der Waals surface area contributed by atoms with Crippen molar-refractivity contribution in [3.63, 3.8) is 0 Å². The fraction of sp³-hybridized carbons (Fsp3) is 0.600. The molecule has 102 valence electrons. The summed E-state index contributed by atoms with van der Waals surface area (Å²) in [6.07, 6.45) is 0. The summed E-state index contributed by atoms with van der Waals surface area (Å²) in [7, 11) is 2.19. The van der Waals surface area contributed by atoms with Crippen LogP contribution >= 0.6 is 15.9 Å². The minimum atomic E-state index is 0.298. The number of halogens is 1. The van der Waals surface area contributed by atoms with Crippen molar-refractivity contribution in [2.45, 2.75) is 27.3 Å². The van der Waals surface area contributed by atoms with Crippen molar-refractivity contribution in [2.75, 3.05) is 26.7 Å². The molecule has 0 aromatic heterocycles. The second kappa shape index (κ2) is 7.27. The molecule has 1 N–H and O–H groups in total. The molecule has 1 aromatic rings. The van der Waals surface area contributed by atoms with Crippen LogP contribution in [0.2, 0.25) is 0 Å². The average Bonchev–Trinajstić information content (AvgIpc) is 2.29. The number of nitrogens with zero attached hydrogens (tertiary/aromatic N) is 1. The molecular formula is C15H25BrN2. The lowest BCUT2D eigenvalue weighted by Gasteiger charge is -2.30. The van der Waals surface area contributed by atoms with Gasteiger partial charge in [0.25, 0.3) is 0 Å². The smallest absolute Gasteiger partial charge is 0.0242 e. The fourth-order valence-corrected chi connectivity index (χ4v) is 2.63. The quantitative estimate of drug-likeness (QED) is 0.828. The topological polar surface area (TPSA) is 15.3 Å². The van der Waals surface area contributed by atoms with E-state index in [9.17, 15) is 0 Å². The van der Waals surface area contributed by atoms with Gasteiger partial charge in [-0.2, -0.15) is 0 Å². The lowest BCUT2D eigenvalue weighted by Crippen LogP contribution is -2.38. The van der Waals surface area contributed by atoms with E-state index in [2.05, 4.69) is 78.2 Å². The zero-order chi connectivity index (χ0) is 13.6. The lowest BCUT2D eigenvalue weighted by molar-refractivity contribution is 0.199. The van der Waals surface area contributed by atoms with Gasteiger partial charge in [-0.1, -0.05) is 54.9 Å². The highest BCUT2D eigenvalue weighted by Crippen LogP contribution is 2.20. The zero-order valence-electron chi connectivity index (χ0n) is 12.0. The molecule has 0 aliphatic rings. The maximum absolute atomic E-state index is 3.61. The van der Waals surface area contributed by atoms with E-state index in [1.165, 1.54) is 10.0 Å². The van der Waals surface area contributed by atoms with E-state index in [0.29, 0.717) is 5.41 Å². The molecule has 0 heterocycles.